The van der Waals surface area contributed by atoms with Gasteiger partial charge in [0.25, 0.3) is 0 Å². The van der Waals surface area contributed by atoms with Crippen LogP contribution in [0.5, 0.6) is 11.5 Å². The minimum Gasteiger partial charge on any atom is -0.493 e. The van der Waals surface area contributed by atoms with E-state index in [1.807, 2.05) is 24.5 Å². The summed E-state index contributed by atoms with van der Waals surface area (Å²) >= 11 is 0. The molecule has 1 aliphatic rings. The van der Waals surface area contributed by atoms with E-state index in [0.717, 1.165) is 42.1 Å². The Hall–Kier alpha value is -2.07. The average molecular weight is 270 g/mol. The molecule has 1 aromatic carbocycles. The van der Waals surface area contributed by atoms with E-state index < -0.39 is 0 Å². The number of fused-ring (bicyclic) bond motifs is 1. The summed E-state index contributed by atoms with van der Waals surface area (Å²) in [5.41, 5.74) is 4.87. The Labute approximate surface area is 118 Å². The lowest BCUT2D eigenvalue weighted by molar-refractivity contribution is 0.354. The van der Waals surface area contributed by atoms with Crippen molar-refractivity contribution in [3.8, 4) is 22.6 Å². The van der Waals surface area contributed by atoms with Crippen molar-refractivity contribution in [2.45, 2.75) is 13.0 Å². The van der Waals surface area contributed by atoms with Crippen LogP contribution in [0, 0.1) is 0 Å². The Balaban J connectivity index is 2.29. The van der Waals surface area contributed by atoms with Gasteiger partial charge in [0.05, 0.1) is 14.2 Å². The van der Waals surface area contributed by atoms with Crippen LogP contribution in [0.3, 0.4) is 0 Å². The molecule has 104 valence electrons. The smallest absolute Gasteiger partial charge is 0.168 e. The second kappa shape index (κ2) is 5.51. The summed E-state index contributed by atoms with van der Waals surface area (Å²) in [5, 5.41) is 3.40. The number of hydrogen-bond donors (Lipinski definition) is 1. The first kappa shape index (κ1) is 12.9. The number of hydrogen-bond acceptors (Lipinski definition) is 4. The van der Waals surface area contributed by atoms with E-state index in [2.05, 4.69) is 16.4 Å². The second-order valence-corrected chi connectivity index (χ2v) is 4.79. The van der Waals surface area contributed by atoms with Crippen molar-refractivity contribution >= 4 is 0 Å². The molecule has 0 saturated carbocycles. The summed E-state index contributed by atoms with van der Waals surface area (Å²) in [7, 11) is 3.37. The lowest BCUT2D eigenvalue weighted by Crippen LogP contribution is -2.24. The van der Waals surface area contributed by atoms with Gasteiger partial charge in [-0.05, 0) is 47.9 Å². The largest absolute Gasteiger partial charge is 0.493 e. The van der Waals surface area contributed by atoms with Crippen LogP contribution in [-0.2, 0) is 13.0 Å². The monoisotopic (exact) mass is 270 g/mol. The van der Waals surface area contributed by atoms with Crippen molar-refractivity contribution in [2.75, 3.05) is 20.8 Å². The zero-order chi connectivity index (χ0) is 13.9. The highest BCUT2D eigenvalue weighted by molar-refractivity contribution is 5.78. The number of pyridine rings is 1. The number of rotatable bonds is 3. The van der Waals surface area contributed by atoms with Crippen LogP contribution in [0.4, 0.5) is 0 Å². The van der Waals surface area contributed by atoms with Crippen molar-refractivity contribution in [1.82, 2.24) is 10.3 Å². The van der Waals surface area contributed by atoms with Crippen LogP contribution < -0.4 is 14.8 Å². The molecule has 0 saturated heterocycles. The maximum absolute atomic E-state index is 5.62. The van der Waals surface area contributed by atoms with E-state index in [1.54, 1.807) is 14.2 Å². The van der Waals surface area contributed by atoms with Crippen LogP contribution in [0.2, 0.25) is 0 Å². The molecule has 0 atom stereocenters. The number of nitrogens with one attached hydrogen (secondary N) is 1. The summed E-state index contributed by atoms with van der Waals surface area (Å²) in [6.07, 6.45) is 4.61. The molecule has 1 aliphatic heterocycles. The SMILES string of the molecule is COc1cc2c(c(-c3ccncc3)c1OC)CCNC2. The highest BCUT2D eigenvalue weighted by Gasteiger charge is 2.22. The van der Waals surface area contributed by atoms with Crippen molar-refractivity contribution in [3.05, 3.63) is 41.7 Å². The quantitative estimate of drug-likeness (QED) is 0.930. The minimum atomic E-state index is 0.779. The molecule has 0 radical (unpaired) electrons. The van der Waals surface area contributed by atoms with Crippen LogP contribution in [0.15, 0.2) is 30.6 Å². The molecule has 2 heterocycles. The van der Waals surface area contributed by atoms with Crippen molar-refractivity contribution < 1.29 is 9.47 Å². The third kappa shape index (κ3) is 2.12. The number of aromatic nitrogens is 1. The Bertz CT molecular complexity index is 597. The molecule has 20 heavy (non-hydrogen) atoms. The second-order valence-electron chi connectivity index (χ2n) is 4.79. The van der Waals surface area contributed by atoms with E-state index in [0.29, 0.717) is 0 Å². The molecular formula is C16H18N2O2. The Morgan fingerprint density at radius 2 is 1.95 bits per heavy atom. The van der Waals surface area contributed by atoms with Gasteiger partial charge in [0.15, 0.2) is 11.5 Å². The Morgan fingerprint density at radius 1 is 1.15 bits per heavy atom. The van der Waals surface area contributed by atoms with Gasteiger partial charge in [-0.15, -0.1) is 0 Å². The van der Waals surface area contributed by atoms with Crippen LogP contribution >= 0.6 is 0 Å². The average Bonchev–Trinajstić information content (AvgIpc) is 2.53. The molecule has 2 aromatic rings. The molecule has 1 N–H and O–H groups in total. The predicted octanol–water partition coefficient (Wildman–Crippen LogP) is 2.41. The van der Waals surface area contributed by atoms with Crippen molar-refractivity contribution in [3.63, 3.8) is 0 Å². The van der Waals surface area contributed by atoms with Gasteiger partial charge in [-0.3, -0.25) is 4.98 Å². The van der Waals surface area contributed by atoms with Gasteiger partial charge < -0.3 is 14.8 Å². The fourth-order valence-electron chi connectivity index (χ4n) is 2.79. The molecule has 1 aromatic heterocycles. The summed E-state index contributed by atoms with van der Waals surface area (Å²) in [6, 6.07) is 6.10. The first-order valence-electron chi connectivity index (χ1n) is 6.73. The molecule has 0 spiro atoms. The van der Waals surface area contributed by atoms with Crippen molar-refractivity contribution in [1.29, 1.82) is 0 Å². The normalized spacial score (nSPS) is 13.7. The van der Waals surface area contributed by atoms with Crippen LogP contribution in [0.1, 0.15) is 11.1 Å². The molecule has 3 rings (SSSR count). The number of benzene rings is 1. The summed E-state index contributed by atoms with van der Waals surface area (Å²) in [5.74, 6) is 1.58. The fourth-order valence-corrected chi connectivity index (χ4v) is 2.79. The summed E-state index contributed by atoms with van der Waals surface area (Å²) in [4.78, 5) is 4.10. The zero-order valence-corrected chi connectivity index (χ0v) is 11.8. The van der Waals surface area contributed by atoms with E-state index in [1.165, 1.54) is 11.1 Å². The molecular weight excluding hydrogens is 252 g/mol. The third-order valence-corrected chi connectivity index (χ3v) is 3.71. The lowest BCUT2D eigenvalue weighted by atomic mass is 9.90. The maximum Gasteiger partial charge on any atom is 0.168 e. The van der Waals surface area contributed by atoms with Gasteiger partial charge in [0.1, 0.15) is 0 Å². The summed E-state index contributed by atoms with van der Waals surface area (Å²) < 4.78 is 11.1. The third-order valence-electron chi connectivity index (χ3n) is 3.71. The fraction of sp³-hybridized carbons (Fsp3) is 0.312. The van der Waals surface area contributed by atoms with Gasteiger partial charge in [-0.25, -0.2) is 0 Å². The van der Waals surface area contributed by atoms with Gasteiger partial charge in [0.2, 0.25) is 0 Å². The standard InChI is InChI=1S/C16H18N2O2/c1-19-14-9-12-10-18-8-5-13(12)15(16(14)20-2)11-3-6-17-7-4-11/h3-4,6-7,9,18H,5,8,10H2,1-2H3. The Morgan fingerprint density at radius 3 is 2.65 bits per heavy atom. The van der Waals surface area contributed by atoms with Gasteiger partial charge in [0, 0.05) is 24.5 Å². The number of methoxy groups -OCH3 is 2. The zero-order valence-electron chi connectivity index (χ0n) is 11.8. The van der Waals surface area contributed by atoms with Gasteiger partial charge in [-0.2, -0.15) is 0 Å². The molecule has 4 nitrogen and oxygen atoms in total. The topological polar surface area (TPSA) is 43.4 Å². The van der Waals surface area contributed by atoms with Crippen molar-refractivity contribution in [2.24, 2.45) is 0 Å². The summed E-state index contributed by atoms with van der Waals surface area (Å²) in [6.45, 7) is 1.86. The van der Waals surface area contributed by atoms with E-state index in [4.69, 9.17) is 9.47 Å². The maximum atomic E-state index is 5.62. The molecule has 0 amide bonds. The molecule has 0 aliphatic carbocycles. The highest BCUT2D eigenvalue weighted by atomic mass is 16.5. The van der Waals surface area contributed by atoms with Crippen LogP contribution in [-0.4, -0.2) is 25.7 Å². The first-order valence-corrected chi connectivity index (χ1v) is 6.73. The van der Waals surface area contributed by atoms with E-state index >= 15 is 0 Å². The molecule has 0 unspecified atom stereocenters. The first-order chi connectivity index (χ1) is 9.85. The van der Waals surface area contributed by atoms with Gasteiger partial charge >= 0.3 is 0 Å². The molecule has 0 bridgehead atoms. The molecule has 0 fully saturated rings. The predicted molar refractivity (Wildman–Crippen MR) is 78.2 cm³/mol. The number of ether oxygens (including phenoxy) is 2. The molecule has 4 heteroatoms. The lowest BCUT2D eigenvalue weighted by Gasteiger charge is -2.24. The minimum absolute atomic E-state index is 0.779. The van der Waals surface area contributed by atoms with E-state index in [9.17, 15) is 0 Å². The number of nitrogens with zero attached hydrogens (tertiary/aromatic N) is 1. The van der Waals surface area contributed by atoms with E-state index in [-0.39, 0.29) is 0 Å². The van der Waals surface area contributed by atoms with Crippen LogP contribution in [0.25, 0.3) is 11.1 Å². The van der Waals surface area contributed by atoms with Gasteiger partial charge in [-0.1, -0.05) is 0 Å². The highest BCUT2D eigenvalue weighted by Crippen LogP contribution is 2.43. The Kier molecular flexibility index (Phi) is 3.56.